The fourth-order valence-electron chi connectivity index (χ4n) is 3.53. The first-order chi connectivity index (χ1) is 12.2. The van der Waals surface area contributed by atoms with Crippen LogP contribution in [0, 0.1) is 0 Å². The molecule has 0 radical (unpaired) electrons. The van der Waals surface area contributed by atoms with E-state index in [4.69, 9.17) is 0 Å². The molecule has 1 aromatic heterocycles. The highest BCUT2D eigenvalue weighted by Gasteiger charge is 2.28. The van der Waals surface area contributed by atoms with Crippen molar-refractivity contribution in [2.45, 2.75) is 39.2 Å². The van der Waals surface area contributed by atoms with E-state index in [2.05, 4.69) is 45.6 Å². The minimum atomic E-state index is 0.193. The van der Waals surface area contributed by atoms with E-state index in [0.717, 1.165) is 50.5 Å². The van der Waals surface area contributed by atoms with Gasteiger partial charge in [0.25, 0.3) is 0 Å². The van der Waals surface area contributed by atoms with Gasteiger partial charge in [0.1, 0.15) is 12.2 Å². The highest BCUT2D eigenvalue weighted by atomic mass is 16.2. The molecular weight excluding hydrogens is 314 g/mol. The first-order valence-electron chi connectivity index (χ1n) is 9.18. The number of carbonyl (C=O) groups excluding carboxylic acids is 1. The Hall–Kier alpha value is -2.37. The van der Waals surface area contributed by atoms with Gasteiger partial charge in [0.2, 0.25) is 5.91 Å². The van der Waals surface area contributed by atoms with Gasteiger partial charge in [-0.15, -0.1) is 10.2 Å². The Bertz CT molecular complexity index is 684. The van der Waals surface area contributed by atoms with Gasteiger partial charge in [-0.25, -0.2) is 0 Å². The summed E-state index contributed by atoms with van der Waals surface area (Å²) in [6, 6.07) is 10.1. The minimum absolute atomic E-state index is 0.193. The summed E-state index contributed by atoms with van der Waals surface area (Å²) in [6.45, 7) is 7.86. The van der Waals surface area contributed by atoms with Crippen molar-refractivity contribution >= 4 is 11.6 Å². The lowest BCUT2D eigenvalue weighted by Crippen LogP contribution is -2.45. The summed E-state index contributed by atoms with van der Waals surface area (Å²) in [6.07, 6.45) is 3.87. The molecule has 0 N–H and O–H groups in total. The van der Waals surface area contributed by atoms with E-state index in [9.17, 15) is 4.79 Å². The fraction of sp³-hybridized carbons (Fsp3) is 0.526. The molecule has 0 spiro atoms. The van der Waals surface area contributed by atoms with Gasteiger partial charge in [-0.05, 0) is 38.8 Å². The molecule has 6 nitrogen and oxygen atoms in total. The lowest BCUT2D eigenvalue weighted by atomic mass is 9.97. The van der Waals surface area contributed by atoms with Crippen molar-refractivity contribution in [3.05, 3.63) is 42.5 Å². The average Bonchev–Trinajstić information content (AvgIpc) is 3.15. The first kappa shape index (κ1) is 17.5. The molecule has 1 saturated heterocycles. The van der Waals surface area contributed by atoms with Gasteiger partial charge < -0.3 is 14.4 Å². The maximum absolute atomic E-state index is 12.9. The summed E-state index contributed by atoms with van der Waals surface area (Å²) in [5.74, 6) is 1.49. The average molecular weight is 341 g/mol. The normalized spacial score (nSPS) is 17.5. The number of aryl methyl sites for hydroxylation is 1. The lowest BCUT2D eigenvalue weighted by Gasteiger charge is -2.34. The summed E-state index contributed by atoms with van der Waals surface area (Å²) < 4.78 is 2.08. The Morgan fingerprint density at radius 1 is 1.28 bits per heavy atom. The molecule has 134 valence electrons. The van der Waals surface area contributed by atoms with Gasteiger partial charge in [0.05, 0.1) is 6.54 Å². The monoisotopic (exact) mass is 341 g/mol. The van der Waals surface area contributed by atoms with Crippen LogP contribution in [0.25, 0.3) is 0 Å². The van der Waals surface area contributed by atoms with Gasteiger partial charge >= 0.3 is 0 Å². The molecule has 6 heteroatoms. The number of rotatable bonds is 6. The molecule has 1 aliphatic heterocycles. The predicted molar refractivity (Wildman–Crippen MR) is 98.6 cm³/mol. The van der Waals surface area contributed by atoms with Crippen molar-refractivity contribution in [2.24, 2.45) is 0 Å². The third-order valence-electron chi connectivity index (χ3n) is 4.95. The van der Waals surface area contributed by atoms with Gasteiger partial charge in [-0.3, -0.25) is 4.79 Å². The van der Waals surface area contributed by atoms with Crippen LogP contribution in [-0.4, -0.2) is 51.8 Å². The second-order valence-electron chi connectivity index (χ2n) is 6.50. The van der Waals surface area contributed by atoms with Crippen molar-refractivity contribution in [1.29, 1.82) is 0 Å². The number of aromatic nitrogens is 3. The highest BCUT2D eigenvalue weighted by Crippen LogP contribution is 2.26. The molecule has 1 amide bonds. The van der Waals surface area contributed by atoms with Gasteiger partial charge in [-0.2, -0.15) is 0 Å². The van der Waals surface area contributed by atoms with Crippen LogP contribution >= 0.6 is 0 Å². The van der Waals surface area contributed by atoms with Crippen molar-refractivity contribution in [3.8, 4) is 0 Å². The SMILES string of the molecule is CCN(CC(=O)N1CCCC(c2nncn2CC)C1)c1ccccc1. The second-order valence-corrected chi connectivity index (χ2v) is 6.50. The number of hydrogen-bond acceptors (Lipinski definition) is 4. The number of piperidine rings is 1. The van der Waals surface area contributed by atoms with Crippen LogP contribution in [0.4, 0.5) is 5.69 Å². The molecule has 1 unspecified atom stereocenters. The molecule has 2 aromatic rings. The third-order valence-corrected chi connectivity index (χ3v) is 4.95. The summed E-state index contributed by atoms with van der Waals surface area (Å²) in [4.78, 5) is 17.0. The molecular formula is C19H27N5O. The minimum Gasteiger partial charge on any atom is -0.362 e. The number of amides is 1. The Kier molecular flexibility index (Phi) is 5.68. The zero-order valence-electron chi connectivity index (χ0n) is 15.1. The summed E-state index contributed by atoms with van der Waals surface area (Å²) in [5.41, 5.74) is 1.10. The zero-order chi connectivity index (χ0) is 17.6. The van der Waals surface area contributed by atoms with Gasteiger partial charge in [-0.1, -0.05) is 18.2 Å². The molecule has 0 bridgehead atoms. The second kappa shape index (κ2) is 8.14. The number of hydrogen-bond donors (Lipinski definition) is 0. The number of anilines is 1. The smallest absolute Gasteiger partial charge is 0.242 e. The van der Waals surface area contributed by atoms with Crippen LogP contribution in [0.2, 0.25) is 0 Å². The molecule has 0 aliphatic carbocycles. The third kappa shape index (κ3) is 4.00. The maximum Gasteiger partial charge on any atom is 0.242 e. The van der Waals surface area contributed by atoms with Crippen LogP contribution in [0.1, 0.15) is 38.4 Å². The zero-order valence-corrected chi connectivity index (χ0v) is 15.1. The number of carbonyl (C=O) groups is 1. The van der Waals surface area contributed by atoms with E-state index in [-0.39, 0.29) is 11.8 Å². The van der Waals surface area contributed by atoms with E-state index in [1.165, 1.54) is 0 Å². The van der Waals surface area contributed by atoms with Crippen molar-refractivity contribution < 1.29 is 4.79 Å². The number of nitrogens with zero attached hydrogens (tertiary/aromatic N) is 5. The lowest BCUT2D eigenvalue weighted by molar-refractivity contribution is -0.131. The van der Waals surface area contributed by atoms with E-state index < -0.39 is 0 Å². The first-order valence-corrected chi connectivity index (χ1v) is 9.18. The van der Waals surface area contributed by atoms with Crippen molar-refractivity contribution in [3.63, 3.8) is 0 Å². The Morgan fingerprint density at radius 3 is 2.80 bits per heavy atom. The van der Waals surface area contributed by atoms with Crippen LogP contribution in [0.15, 0.2) is 36.7 Å². The Labute approximate surface area is 149 Å². The molecule has 0 saturated carbocycles. The number of para-hydroxylation sites is 1. The van der Waals surface area contributed by atoms with E-state index >= 15 is 0 Å². The van der Waals surface area contributed by atoms with Crippen molar-refractivity contribution in [2.75, 3.05) is 31.1 Å². The quantitative estimate of drug-likeness (QED) is 0.810. The van der Waals surface area contributed by atoms with Crippen LogP contribution < -0.4 is 4.90 Å². The fourth-order valence-corrected chi connectivity index (χ4v) is 3.53. The predicted octanol–water partition coefficient (Wildman–Crippen LogP) is 2.53. The van der Waals surface area contributed by atoms with Crippen molar-refractivity contribution in [1.82, 2.24) is 19.7 Å². The van der Waals surface area contributed by atoms with E-state index in [1.54, 1.807) is 6.33 Å². The number of benzene rings is 1. The maximum atomic E-state index is 12.9. The number of likely N-dealkylation sites (N-methyl/N-ethyl adjacent to an activating group) is 1. The summed E-state index contributed by atoms with van der Waals surface area (Å²) >= 11 is 0. The molecule has 1 fully saturated rings. The standard InChI is InChI=1S/C19H27N5O/c1-3-22(17-10-6-5-7-11-17)14-18(25)24-12-8-9-16(13-24)19-21-20-15-23(19)4-2/h5-7,10-11,15-16H,3-4,8-9,12-14H2,1-2H3. The summed E-state index contributed by atoms with van der Waals surface area (Å²) in [5, 5.41) is 8.33. The van der Waals surface area contributed by atoms with Crippen LogP contribution in [0.3, 0.4) is 0 Å². The molecule has 1 aliphatic rings. The topological polar surface area (TPSA) is 54.3 Å². The summed E-state index contributed by atoms with van der Waals surface area (Å²) in [7, 11) is 0. The van der Waals surface area contributed by atoms with Gasteiger partial charge in [0, 0.05) is 37.8 Å². The Morgan fingerprint density at radius 2 is 2.08 bits per heavy atom. The molecule has 25 heavy (non-hydrogen) atoms. The van der Waals surface area contributed by atoms with Crippen LogP contribution in [0.5, 0.6) is 0 Å². The molecule has 1 aromatic carbocycles. The largest absolute Gasteiger partial charge is 0.362 e. The highest BCUT2D eigenvalue weighted by molar-refractivity contribution is 5.81. The molecule has 1 atom stereocenters. The Balaban J connectivity index is 1.65. The van der Waals surface area contributed by atoms with Gasteiger partial charge in [0.15, 0.2) is 0 Å². The molecule has 3 rings (SSSR count). The van der Waals surface area contributed by atoms with E-state index in [1.807, 2.05) is 23.1 Å². The molecule has 2 heterocycles. The van der Waals surface area contributed by atoms with Crippen LogP contribution in [-0.2, 0) is 11.3 Å². The van der Waals surface area contributed by atoms with E-state index in [0.29, 0.717) is 6.54 Å². The number of likely N-dealkylation sites (tertiary alicyclic amines) is 1.